The van der Waals surface area contributed by atoms with Gasteiger partial charge in [0, 0.05) is 16.9 Å². The highest BCUT2D eigenvalue weighted by atomic mass is 32.2. The van der Waals surface area contributed by atoms with Gasteiger partial charge in [-0.1, -0.05) is 19.9 Å². The molecule has 0 aromatic heterocycles. The molecule has 4 atom stereocenters. The van der Waals surface area contributed by atoms with Crippen LogP contribution in [0, 0.1) is 5.92 Å². The van der Waals surface area contributed by atoms with E-state index in [0.717, 1.165) is 4.90 Å². The van der Waals surface area contributed by atoms with Crippen molar-refractivity contribution in [2.75, 3.05) is 20.5 Å². The largest absolute Gasteiger partial charge is 0.496 e. The zero-order valence-electron chi connectivity index (χ0n) is 18.7. The quantitative estimate of drug-likeness (QED) is 0.328. The molecular formula is C22H30N2O7S. The molecule has 10 heteroatoms. The summed E-state index contributed by atoms with van der Waals surface area (Å²) in [6, 6.07) is 3.20. The molecule has 9 nitrogen and oxygen atoms in total. The smallest absolute Gasteiger partial charge is 0.328 e. The molecule has 0 unspecified atom stereocenters. The summed E-state index contributed by atoms with van der Waals surface area (Å²) in [5.41, 5.74) is 0.398. The van der Waals surface area contributed by atoms with Gasteiger partial charge >= 0.3 is 5.97 Å². The average molecular weight is 467 g/mol. The molecule has 2 rings (SSSR count). The number of nitrogens with one attached hydrogen (secondary N) is 2. The van der Waals surface area contributed by atoms with Crippen LogP contribution in [0.5, 0.6) is 5.75 Å². The van der Waals surface area contributed by atoms with E-state index < -0.39 is 42.1 Å². The molecule has 2 amide bonds. The zero-order valence-corrected chi connectivity index (χ0v) is 19.6. The molecule has 0 saturated heterocycles. The summed E-state index contributed by atoms with van der Waals surface area (Å²) in [7, 11) is 2.68. The maximum atomic E-state index is 12.8. The maximum absolute atomic E-state index is 12.8. The molecule has 1 aromatic carbocycles. The van der Waals surface area contributed by atoms with Crippen molar-refractivity contribution in [1.29, 1.82) is 0 Å². The highest BCUT2D eigenvalue weighted by Crippen LogP contribution is 2.26. The first-order valence-electron chi connectivity index (χ1n) is 10.1. The molecule has 0 fully saturated rings. The van der Waals surface area contributed by atoms with Crippen LogP contribution in [0.3, 0.4) is 0 Å². The Labute approximate surface area is 191 Å². The van der Waals surface area contributed by atoms with Crippen molar-refractivity contribution in [3.63, 3.8) is 0 Å². The van der Waals surface area contributed by atoms with Crippen molar-refractivity contribution in [3.8, 4) is 5.75 Å². The molecule has 1 aliphatic carbocycles. The van der Waals surface area contributed by atoms with E-state index in [2.05, 4.69) is 10.6 Å². The van der Waals surface area contributed by atoms with E-state index in [9.17, 15) is 24.6 Å². The van der Waals surface area contributed by atoms with Crippen LogP contribution in [0.2, 0.25) is 0 Å². The van der Waals surface area contributed by atoms with Crippen molar-refractivity contribution in [2.24, 2.45) is 5.92 Å². The number of methoxy groups -OCH3 is 2. The first-order chi connectivity index (χ1) is 15.1. The Morgan fingerprint density at radius 1 is 1.16 bits per heavy atom. The Bertz CT molecular complexity index is 887. The third-order valence-corrected chi connectivity index (χ3v) is 5.95. The topological polar surface area (TPSA) is 134 Å². The second kappa shape index (κ2) is 11.3. The number of amides is 2. The zero-order chi connectivity index (χ0) is 24.0. The van der Waals surface area contributed by atoms with Crippen LogP contribution in [0.15, 0.2) is 34.7 Å². The minimum atomic E-state index is -1.31. The first-order valence-corrected chi connectivity index (χ1v) is 11.3. The first kappa shape index (κ1) is 25.7. The number of esters is 1. The number of ether oxygens (including phenoxy) is 2. The number of hydrogen-bond donors (Lipinski definition) is 4. The van der Waals surface area contributed by atoms with E-state index in [1.807, 2.05) is 6.26 Å². The number of thioether (sulfide) groups is 1. The number of hydrogen-bond acceptors (Lipinski definition) is 8. The van der Waals surface area contributed by atoms with Crippen molar-refractivity contribution in [2.45, 2.75) is 49.5 Å². The van der Waals surface area contributed by atoms with E-state index >= 15 is 0 Å². The van der Waals surface area contributed by atoms with E-state index in [1.54, 1.807) is 32.0 Å². The van der Waals surface area contributed by atoms with E-state index in [1.165, 1.54) is 32.1 Å². The highest BCUT2D eigenvalue weighted by Gasteiger charge is 2.35. The molecule has 32 heavy (non-hydrogen) atoms. The maximum Gasteiger partial charge on any atom is 0.328 e. The van der Waals surface area contributed by atoms with Gasteiger partial charge in [-0.25, -0.2) is 4.79 Å². The van der Waals surface area contributed by atoms with Crippen molar-refractivity contribution >= 4 is 29.5 Å². The number of carbonyl (C=O) groups excluding carboxylic acids is 3. The molecule has 4 N–H and O–H groups in total. The van der Waals surface area contributed by atoms with Gasteiger partial charge in [-0.15, -0.1) is 11.8 Å². The molecule has 1 aliphatic rings. The lowest BCUT2D eigenvalue weighted by molar-refractivity contribution is -0.146. The number of carbonyl (C=O) groups is 3. The summed E-state index contributed by atoms with van der Waals surface area (Å²) in [6.07, 6.45) is 0.574. The van der Waals surface area contributed by atoms with Crippen LogP contribution in [0.25, 0.3) is 0 Å². The fourth-order valence-electron chi connectivity index (χ4n) is 3.34. The lowest BCUT2D eigenvalue weighted by atomic mass is 9.89. The highest BCUT2D eigenvalue weighted by molar-refractivity contribution is 7.98. The molecule has 0 radical (unpaired) electrons. The second-order valence-corrected chi connectivity index (χ2v) is 8.62. The van der Waals surface area contributed by atoms with Crippen molar-refractivity contribution in [3.05, 3.63) is 35.4 Å². The van der Waals surface area contributed by atoms with Gasteiger partial charge in [0.1, 0.15) is 17.9 Å². The summed E-state index contributed by atoms with van der Waals surface area (Å²) in [5, 5.41) is 25.9. The Hall–Kier alpha value is -2.56. The van der Waals surface area contributed by atoms with Crippen LogP contribution in [-0.2, 0) is 14.3 Å². The van der Waals surface area contributed by atoms with Gasteiger partial charge in [-0.3, -0.25) is 9.59 Å². The molecule has 0 aliphatic heterocycles. The minimum absolute atomic E-state index is 0.128. The summed E-state index contributed by atoms with van der Waals surface area (Å²) < 4.78 is 10.0. The monoisotopic (exact) mass is 466 g/mol. The van der Waals surface area contributed by atoms with Gasteiger partial charge in [0.15, 0.2) is 0 Å². The number of aliphatic hydroxyl groups is 2. The fourth-order valence-corrected chi connectivity index (χ4v) is 3.77. The predicted molar refractivity (Wildman–Crippen MR) is 120 cm³/mol. The average Bonchev–Trinajstić information content (AvgIpc) is 2.78. The molecule has 0 heterocycles. The van der Waals surface area contributed by atoms with Crippen molar-refractivity contribution < 1.29 is 34.1 Å². The number of benzene rings is 1. The second-order valence-electron chi connectivity index (χ2n) is 7.74. The lowest BCUT2D eigenvalue weighted by Crippen LogP contribution is -2.52. The Balaban J connectivity index is 2.24. The normalized spacial score (nSPS) is 21.4. The van der Waals surface area contributed by atoms with E-state index in [-0.39, 0.29) is 23.5 Å². The van der Waals surface area contributed by atoms with Gasteiger partial charge in [-0.05, 0) is 30.4 Å². The Kier molecular flexibility index (Phi) is 9.11. The van der Waals surface area contributed by atoms with E-state index in [0.29, 0.717) is 5.75 Å². The van der Waals surface area contributed by atoms with Crippen LogP contribution >= 0.6 is 11.8 Å². The van der Waals surface area contributed by atoms with Gasteiger partial charge in [-0.2, -0.15) is 0 Å². The van der Waals surface area contributed by atoms with Gasteiger partial charge < -0.3 is 30.3 Å². The van der Waals surface area contributed by atoms with Crippen molar-refractivity contribution in [1.82, 2.24) is 10.6 Å². The fraction of sp³-hybridized carbons (Fsp3) is 0.500. The molecule has 0 saturated carbocycles. The van der Waals surface area contributed by atoms with Crippen LogP contribution in [0.1, 0.15) is 30.6 Å². The molecule has 176 valence electrons. The standard InChI is InChI=1S/C22H30N2O7S/c1-11(2)18(22(29)31-4)24-20(27)12-8-15(19(26)16(25)9-12)23-21(28)14-7-6-13(32-5)10-17(14)30-3/h6-8,10-11,15-16,18-19,25-26H,9H2,1-5H3,(H,23,28)(H,24,27)/t15-,16-,18-,19-/m1/s1. The summed E-state index contributed by atoms with van der Waals surface area (Å²) in [4.78, 5) is 38.4. The molecular weight excluding hydrogens is 436 g/mol. The Morgan fingerprint density at radius 2 is 1.84 bits per heavy atom. The Morgan fingerprint density at radius 3 is 2.41 bits per heavy atom. The van der Waals surface area contributed by atoms with Gasteiger partial charge in [0.25, 0.3) is 5.91 Å². The summed E-state index contributed by atoms with van der Waals surface area (Å²) >= 11 is 1.50. The third-order valence-electron chi connectivity index (χ3n) is 5.22. The van der Waals surface area contributed by atoms with Crippen LogP contribution in [-0.4, -0.2) is 72.8 Å². The van der Waals surface area contributed by atoms with Crippen LogP contribution < -0.4 is 15.4 Å². The molecule has 1 aromatic rings. The number of rotatable bonds is 8. The summed E-state index contributed by atoms with van der Waals surface area (Å²) in [6.45, 7) is 3.52. The van der Waals surface area contributed by atoms with Gasteiger partial charge in [0.05, 0.1) is 31.9 Å². The SMILES string of the molecule is COC(=O)[C@H](NC(=O)C1=C[C@@H](NC(=O)c2ccc(SC)cc2OC)[C@@H](O)[C@H](O)C1)C(C)C. The lowest BCUT2D eigenvalue weighted by Gasteiger charge is -2.31. The third kappa shape index (κ3) is 6.02. The molecule has 0 spiro atoms. The minimum Gasteiger partial charge on any atom is -0.496 e. The number of aliphatic hydroxyl groups excluding tert-OH is 2. The van der Waals surface area contributed by atoms with E-state index in [4.69, 9.17) is 9.47 Å². The van der Waals surface area contributed by atoms with Gasteiger partial charge in [0.2, 0.25) is 5.91 Å². The predicted octanol–water partition coefficient (Wildman–Crippen LogP) is 0.881. The molecule has 0 bridgehead atoms. The summed E-state index contributed by atoms with van der Waals surface area (Å²) in [5.74, 6) is -1.56. The van der Waals surface area contributed by atoms with Crippen LogP contribution in [0.4, 0.5) is 0 Å².